The van der Waals surface area contributed by atoms with Gasteiger partial charge in [0.25, 0.3) is 11.8 Å². The second-order valence-electron chi connectivity index (χ2n) is 5.72. The number of hydrogen-bond donors (Lipinski definition) is 0. The molecule has 0 N–H and O–H groups in total. The number of benzene rings is 2. The van der Waals surface area contributed by atoms with Crippen LogP contribution in [0.4, 0.5) is 5.69 Å². The molecule has 0 bridgehead atoms. The molecule has 0 unspecified atom stereocenters. The van der Waals surface area contributed by atoms with Gasteiger partial charge in [-0.2, -0.15) is 0 Å². The average molecular weight is 417 g/mol. The van der Waals surface area contributed by atoms with Gasteiger partial charge in [-0.05, 0) is 30.5 Å². The molecule has 0 radical (unpaired) electrons. The molecule has 0 saturated carbocycles. The summed E-state index contributed by atoms with van der Waals surface area (Å²) in [4.78, 5) is 26.6. The minimum absolute atomic E-state index is 0.0128. The van der Waals surface area contributed by atoms with E-state index < -0.39 is 11.8 Å². The van der Waals surface area contributed by atoms with Crippen LogP contribution in [-0.2, 0) is 6.42 Å². The van der Waals surface area contributed by atoms with Crippen molar-refractivity contribution in [2.75, 3.05) is 4.90 Å². The normalized spacial score (nSPS) is 13.6. The fourth-order valence-corrected chi connectivity index (χ4v) is 3.79. The monoisotopic (exact) mass is 415 g/mol. The number of hydrogen-bond acceptors (Lipinski definition) is 2. The molecule has 0 atom stereocenters. The highest BCUT2D eigenvalue weighted by Gasteiger charge is 2.42. The second-order valence-corrected chi connectivity index (χ2v) is 7.23. The van der Waals surface area contributed by atoms with Crippen molar-refractivity contribution in [1.82, 2.24) is 0 Å². The van der Waals surface area contributed by atoms with Gasteiger partial charge in [0.05, 0.1) is 36.9 Å². The summed E-state index contributed by atoms with van der Waals surface area (Å²) in [6, 6.07) is 7.27. The lowest BCUT2D eigenvalue weighted by molar-refractivity contribution is 0.0926. The molecule has 2 aromatic rings. The molecule has 0 fully saturated rings. The third-order valence-corrected chi connectivity index (χ3v) is 5.92. The van der Waals surface area contributed by atoms with Gasteiger partial charge in [-0.15, -0.1) is 0 Å². The number of halogens is 4. The topological polar surface area (TPSA) is 37.4 Å². The van der Waals surface area contributed by atoms with Gasteiger partial charge < -0.3 is 0 Å². The average Bonchev–Trinajstić information content (AvgIpc) is 2.87. The Balaban J connectivity index is 2.03. The van der Waals surface area contributed by atoms with E-state index in [2.05, 4.69) is 6.92 Å². The summed E-state index contributed by atoms with van der Waals surface area (Å²) in [5.74, 6) is -1.13. The van der Waals surface area contributed by atoms with E-state index in [0.29, 0.717) is 5.69 Å². The van der Waals surface area contributed by atoms with E-state index in [0.717, 1.165) is 29.7 Å². The molecule has 1 aliphatic rings. The number of amides is 2. The Morgan fingerprint density at radius 1 is 0.800 bits per heavy atom. The Morgan fingerprint density at radius 2 is 1.28 bits per heavy atom. The molecule has 25 heavy (non-hydrogen) atoms. The van der Waals surface area contributed by atoms with E-state index >= 15 is 0 Å². The highest BCUT2D eigenvalue weighted by molar-refractivity contribution is 6.56. The smallest absolute Gasteiger partial charge is 0.267 e. The summed E-state index contributed by atoms with van der Waals surface area (Å²) < 4.78 is 0. The van der Waals surface area contributed by atoms with E-state index in [1.54, 1.807) is 12.1 Å². The maximum atomic E-state index is 12.8. The van der Waals surface area contributed by atoms with Crippen LogP contribution in [0, 0.1) is 0 Å². The minimum Gasteiger partial charge on any atom is -0.268 e. The van der Waals surface area contributed by atoms with Crippen LogP contribution in [0.25, 0.3) is 0 Å². The van der Waals surface area contributed by atoms with Crippen LogP contribution in [0.2, 0.25) is 20.1 Å². The van der Waals surface area contributed by atoms with Gasteiger partial charge in [-0.3, -0.25) is 9.59 Å². The summed E-state index contributed by atoms with van der Waals surface area (Å²) in [5.41, 5.74) is 1.57. The Bertz CT molecular complexity index is 831. The summed E-state index contributed by atoms with van der Waals surface area (Å²) >= 11 is 24.3. The molecule has 0 spiro atoms. The number of unbranched alkanes of at least 4 members (excludes halogenated alkanes) is 1. The van der Waals surface area contributed by atoms with Crippen molar-refractivity contribution in [3.05, 3.63) is 61.0 Å². The Kier molecular flexibility index (Phi) is 5.31. The molecule has 1 aliphatic heterocycles. The van der Waals surface area contributed by atoms with E-state index in [-0.39, 0.29) is 31.2 Å². The predicted molar refractivity (Wildman–Crippen MR) is 103 cm³/mol. The number of aryl methyl sites for hydroxylation is 1. The zero-order valence-electron chi connectivity index (χ0n) is 13.2. The fraction of sp³-hybridized carbons (Fsp3) is 0.222. The molecule has 3 nitrogen and oxygen atoms in total. The minimum atomic E-state index is -0.563. The van der Waals surface area contributed by atoms with Crippen LogP contribution < -0.4 is 4.90 Å². The van der Waals surface area contributed by atoms with Gasteiger partial charge in [-0.1, -0.05) is 71.9 Å². The van der Waals surface area contributed by atoms with Gasteiger partial charge in [0, 0.05) is 0 Å². The second kappa shape index (κ2) is 7.16. The van der Waals surface area contributed by atoms with E-state index in [1.165, 1.54) is 0 Å². The number of nitrogens with zero attached hydrogens (tertiary/aromatic N) is 1. The van der Waals surface area contributed by atoms with Crippen LogP contribution in [0.15, 0.2) is 24.3 Å². The van der Waals surface area contributed by atoms with Crippen molar-refractivity contribution in [2.24, 2.45) is 0 Å². The van der Waals surface area contributed by atoms with Gasteiger partial charge in [0.1, 0.15) is 0 Å². The first-order valence-electron chi connectivity index (χ1n) is 7.72. The fourth-order valence-electron chi connectivity index (χ4n) is 2.78. The molecule has 0 aromatic heterocycles. The molecular formula is C18H13Cl4NO2. The largest absolute Gasteiger partial charge is 0.268 e. The predicted octanol–water partition coefficient (Wildman–Crippen LogP) is 6.44. The zero-order chi connectivity index (χ0) is 18.3. The highest BCUT2D eigenvalue weighted by Crippen LogP contribution is 2.45. The summed E-state index contributed by atoms with van der Waals surface area (Å²) in [6.07, 6.45) is 3.12. The van der Waals surface area contributed by atoms with Crippen LogP contribution in [0.5, 0.6) is 0 Å². The van der Waals surface area contributed by atoms with Gasteiger partial charge in [-0.25, -0.2) is 4.90 Å². The number of rotatable bonds is 4. The quantitative estimate of drug-likeness (QED) is 0.326. The van der Waals surface area contributed by atoms with E-state index in [1.807, 2.05) is 12.1 Å². The zero-order valence-corrected chi connectivity index (χ0v) is 16.2. The van der Waals surface area contributed by atoms with Crippen molar-refractivity contribution in [3.63, 3.8) is 0 Å². The van der Waals surface area contributed by atoms with Crippen LogP contribution in [0.3, 0.4) is 0 Å². The van der Waals surface area contributed by atoms with Crippen LogP contribution >= 0.6 is 46.4 Å². The number of fused-ring (bicyclic) bond motifs is 1. The van der Waals surface area contributed by atoms with Gasteiger partial charge in [0.2, 0.25) is 0 Å². The molecule has 0 aliphatic carbocycles. The van der Waals surface area contributed by atoms with E-state index in [9.17, 15) is 9.59 Å². The number of carbonyl (C=O) groups excluding carboxylic acids is 2. The van der Waals surface area contributed by atoms with E-state index in [4.69, 9.17) is 46.4 Å². The first kappa shape index (κ1) is 18.5. The Hall–Kier alpha value is -1.26. The van der Waals surface area contributed by atoms with Crippen molar-refractivity contribution < 1.29 is 9.59 Å². The van der Waals surface area contributed by atoms with Crippen molar-refractivity contribution in [3.8, 4) is 0 Å². The van der Waals surface area contributed by atoms with Gasteiger partial charge >= 0.3 is 0 Å². The number of imide groups is 1. The molecule has 2 amide bonds. The number of anilines is 1. The lowest BCUT2D eigenvalue weighted by Gasteiger charge is -2.14. The highest BCUT2D eigenvalue weighted by atomic mass is 35.5. The van der Waals surface area contributed by atoms with Crippen LogP contribution in [0.1, 0.15) is 46.0 Å². The van der Waals surface area contributed by atoms with Crippen LogP contribution in [-0.4, -0.2) is 11.8 Å². The third kappa shape index (κ3) is 3.04. The Labute approximate surface area is 165 Å². The molecule has 3 rings (SSSR count). The maximum absolute atomic E-state index is 12.8. The lowest BCUT2D eigenvalue weighted by atomic mass is 10.1. The maximum Gasteiger partial charge on any atom is 0.267 e. The standard InChI is InChI=1S/C18H13Cl4NO2/c1-2-3-4-9-5-7-10(8-6-9)23-17(24)11-12(18(23)25)14(20)16(22)15(21)13(11)19/h5-8H,2-4H2,1H3. The lowest BCUT2D eigenvalue weighted by Crippen LogP contribution is -2.29. The van der Waals surface area contributed by atoms with Crippen molar-refractivity contribution >= 4 is 63.9 Å². The molecular weight excluding hydrogens is 404 g/mol. The molecule has 0 saturated heterocycles. The summed E-state index contributed by atoms with van der Waals surface area (Å²) in [6.45, 7) is 2.12. The SMILES string of the molecule is CCCCc1ccc(N2C(=O)c3c(Cl)c(Cl)c(Cl)c(Cl)c3C2=O)cc1. The molecule has 1 heterocycles. The first-order valence-corrected chi connectivity index (χ1v) is 9.23. The molecule has 7 heteroatoms. The number of carbonyl (C=O) groups is 2. The molecule has 2 aromatic carbocycles. The van der Waals surface area contributed by atoms with Crippen molar-refractivity contribution in [2.45, 2.75) is 26.2 Å². The van der Waals surface area contributed by atoms with Gasteiger partial charge in [0.15, 0.2) is 0 Å². The molecule has 130 valence electrons. The first-order chi connectivity index (χ1) is 11.9. The summed E-state index contributed by atoms with van der Waals surface area (Å²) in [7, 11) is 0. The Morgan fingerprint density at radius 3 is 1.72 bits per heavy atom. The third-order valence-electron chi connectivity index (χ3n) is 4.11. The summed E-state index contributed by atoms with van der Waals surface area (Å²) in [5, 5.41) is -0.201. The van der Waals surface area contributed by atoms with Crippen molar-refractivity contribution in [1.29, 1.82) is 0 Å².